The second kappa shape index (κ2) is 3.44. The maximum atomic E-state index is 11.8. The fourth-order valence-electron chi connectivity index (χ4n) is 1.54. The third-order valence-corrected chi connectivity index (χ3v) is 5.24. The Labute approximate surface area is 86.9 Å². The summed E-state index contributed by atoms with van der Waals surface area (Å²) in [6, 6.07) is 0. The Morgan fingerprint density at radius 2 is 2.07 bits per heavy atom. The number of aliphatic carboxylic acids is 1. The highest BCUT2D eigenvalue weighted by Crippen LogP contribution is 2.28. The van der Waals surface area contributed by atoms with E-state index in [9.17, 15) is 18.1 Å². The Kier molecular flexibility index (Phi) is 2.73. The molecule has 0 bridgehead atoms. The number of sulfone groups is 1. The van der Waals surface area contributed by atoms with E-state index in [-0.39, 0.29) is 13.1 Å². The van der Waals surface area contributed by atoms with Gasteiger partial charge in [0.25, 0.3) is 0 Å². The Balaban J connectivity index is 3.17. The van der Waals surface area contributed by atoms with Gasteiger partial charge in [0.15, 0.2) is 15.1 Å². The Morgan fingerprint density at radius 3 is 2.47 bits per heavy atom. The molecular weight excluding hydrogens is 224 g/mol. The maximum Gasteiger partial charge on any atom is 0.323 e. The number of carbonyl (C=O) groups is 1. The average molecular weight is 236 g/mol. The molecule has 0 spiro atoms. The molecule has 1 atom stereocenters. The van der Waals surface area contributed by atoms with Crippen molar-refractivity contribution >= 4 is 15.8 Å². The summed E-state index contributed by atoms with van der Waals surface area (Å²) < 4.78 is 22.3. The normalized spacial score (nSPS) is 28.4. The largest absolute Gasteiger partial charge is 0.480 e. The first-order chi connectivity index (χ1) is 6.72. The van der Waals surface area contributed by atoms with E-state index in [0.29, 0.717) is 0 Å². The van der Waals surface area contributed by atoms with Crippen LogP contribution in [0.25, 0.3) is 0 Å². The molecule has 1 N–H and O–H groups in total. The van der Waals surface area contributed by atoms with Gasteiger partial charge in [0, 0.05) is 0 Å². The molecular formula is C7H12N2O5S. The van der Waals surface area contributed by atoms with Crippen molar-refractivity contribution in [2.24, 2.45) is 5.29 Å². The van der Waals surface area contributed by atoms with Crippen LogP contribution in [0.4, 0.5) is 0 Å². The summed E-state index contributed by atoms with van der Waals surface area (Å²) in [4.78, 5) is 21.1. The van der Waals surface area contributed by atoms with Gasteiger partial charge in [-0.2, -0.15) is 0 Å². The van der Waals surface area contributed by atoms with Crippen LogP contribution in [0.5, 0.6) is 0 Å². The van der Waals surface area contributed by atoms with Gasteiger partial charge >= 0.3 is 5.97 Å². The van der Waals surface area contributed by atoms with Gasteiger partial charge in [-0.05, 0) is 13.8 Å². The van der Waals surface area contributed by atoms with E-state index < -0.39 is 25.8 Å². The lowest BCUT2D eigenvalue weighted by molar-refractivity contribution is -0.137. The van der Waals surface area contributed by atoms with Crippen molar-refractivity contribution in [2.75, 3.05) is 13.1 Å². The molecule has 1 aliphatic heterocycles. The topological polar surface area (TPSA) is 104 Å². The molecule has 0 aromatic heterocycles. The molecule has 86 valence electrons. The average Bonchev–Trinajstić information content (AvgIpc) is 2.08. The third-order valence-electron chi connectivity index (χ3n) is 2.48. The van der Waals surface area contributed by atoms with Crippen LogP contribution in [-0.2, 0) is 14.6 Å². The van der Waals surface area contributed by atoms with Crippen molar-refractivity contribution in [3.8, 4) is 0 Å². The molecule has 0 aromatic rings. The van der Waals surface area contributed by atoms with Gasteiger partial charge in [0.1, 0.15) is 0 Å². The summed E-state index contributed by atoms with van der Waals surface area (Å²) in [5, 5.41) is 10.7. The maximum absolute atomic E-state index is 11.8. The molecule has 0 amide bonds. The third kappa shape index (κ3) is 1.81. The fraction of sp³-hybridized carbons (Fsp3) is 0.857. The molecule has 1 aliphatic rings. The minimum atomic E-state index is -3.78. The predicted octanol–water partition coefficient (Wildman–Crippen LogP) is -0.370. The van der Waals surface area contributed by atoms with E-state index >= 15 is 0 Å². The van der Waals surface area contributed by atoms with Gasteiger partial charge < -0.3 is 5.11 Å². The molecule has 1 fully saturated rings. The van der Waals surface area contributed by atoms with Crippen LogP contribution in [0.2, 0.25) is 0 Å². The van der Waals surface area contributed by atoms with Crippen molar-refractivity contribution in [3.05, 3.63) is 4.91 Å². The van der Waals surface area contributed by atoms with E-state index in [4.69, 9.17) is 5.11 Å². The number of carboxylic acid groups (broad SMARTS) is 1. The van der Waals surface area contributed by atoms with Crippen LogP contribution in [-0.4, -0.2) is 47.6 Å². The van der Waals surface area contributed by atoms with E-state index in [2.05, 4.69) is 5.29 Å². The van der Waals surface area contributed by atoms with Crippen molar-refractivity contribution in [3.63, 3.8) is 0 Å². The fourth-order valence-corrected chi connectivity index (χ4v) is 3.27. The molecule has 0 saturated carbocycles. The number of rotatable bonds is 2. The number of nitroso groups, excluding NO2 is 1. The van der Waals surface area contributed by atoms with Crippen LogP contribution >= 0.6 is 0 Å². The molecule has 15 heavy (non-hydrogen) atoms. The number of nitrogens with zero attached hydrogens (tertiary/aromatic N) is 2. The quantitative estimate of drug-likeness (QED) is 0.656. The molecule has 0 aromatic carbocycles. The smallest absolute Gasteiger partial charge is 0.323 e. The second-order valence-corrected chi connectivity index (χ2v) is 6.82. The highest BCUT2D eigenvalue weighted by Gasteiger charge is 2.50. The van der Waals surface area contributed by atoms with Crippen LogP contribution < -0.4 is 0 Å². The predicted molar refractivity (Wildman–Crippen MR) is 51.8 cm³/mol. The minimum absolute atomic E-state index is 0.0807. The van der Waals surface area contributed by atoms with Crippen molar-refractivity contribution in [1.29, 1.82) is 0 Å². The molecule has 1 unspecified atom stereocenters. The first-order valence-electron chi connectivity index (χ1n) is 4.27. The van der Waals surface area contributed by atoms with E-state index in [1.807, 2.05) is 0 Å². The number of hydrogen-bond donors (Lipinski definition) is 1. The zero-order valence-corrected chi connectivity index (χ0v) is 9.19. The lowest BCUT2D eigenvalue weighted by atomic mass is 10.2. The summed E-state index contributed by atoms with van der Waals surface area (Å²) in [6.07, 6.45) is 0. The molecule has 8 heteroatoms. The van der Waals surface area contributed by atoms with Crippen LogP contribution in [0.15, 0.2) is 5.29 Å². The van der Waals surface area contributed by atoms with Crippen LogP contribution in [0.1, 0.15) is 13.8 Å². The molecule has 0 aliphatic carbocycles. The van der Waals surface area contributed by atoms with Gasteiger partial charge in [-0.15, -0.1) is 4.91 Å². The van der Waals surface area contributed by atoms with E-state index in [0.717, 1.165) is 5.01 Å². The van der Waals surface area contributed by atoms with E-state index in [1.54, 1.807) is 0 Å². The minimum Gasteiger partial charge on any atom is -0.480 e. The molecule has 0 radical (unpaired) electrons. The van der Waals surface area contributed by atoms with Gasteiger partial charge in [0.05, 0.1) is 23.1 Å². The molecule has 1 rings (SSSR count). The first kappa shape index (κ1) is 11.9. The van der Waals surface area contributed by atoms with E-state index in [1.165, 1.54) is 13.8 Å². The zero-order valence-electron chi connectivity index (χ0n) is 8.37. The molecule has 1 saturated heterocycles. The zero-order chi connectivity index (χ0) is 11.9. The Bertz CT molecular complexity index is 388. The van der Waals surface area contributed by atoms with Gasteiger partial charge in [0.2, 0.25) is 0 Å². The highest BCUT2D eigenvalue weighted by molar-refractivity contribution is 7.94. The molecule has 1 heterocycles. The summed E-state index contributed by atoms with van der Waals surface area (Å²) >= 11 is 0. The summed E-state index contributed by atoms with van der Waals surface area (Å²) in [6.45, 7) is 2.30. The lowest BCUT2D eigenvalue weighted by Gasteiger charge is -2.37. The Morgan fingerprint density at radius 1 is 1.53 bits per heavy atom. The van der Waals surface area contributed by atoms with Crippen LogP contribution in [0.3, 0.4) is 0 Å². The van der Waals surface area contributed by atoms with Crippen LogP contribution in [0, 0.1) is 4.91 Å². The second-order valence-electron chi connectivity index (χ2n) is 4.06. The molecule has 7 nitrogen and oxygen atoms in total. The summed E-state index contributed by atoms with van der Waals surface area (Å²) in [5.41, 5.74) is 0. The monoisotopic (exact) mass is 236 g/mol. The summed E-state index contributed by atoms with van der Waals surface area (Å²) in [7, 11) is -3.78. The number of hydrogen-bond acceptors (Lipinski definition) is 5. The summed E-state index contributed by atoms with van der Waals surface area (Å²) in [5.74, 6) is -1.45. The lowest BCUT2D eigenvalue weighted by Crippen LogP contribution is -2.58. The van der Waals surface area contributed by atoms with Crippen molar-refractivity contribution in [2.45, 2.75) is 23.8 Å². The SMILES string of the molecule is CC1(C)CN(N=O)CC(C(=O)O)S1(=O)=O. The van der Waals surface area contributed by atoms with Crippen molar-refractivity contribution in [1.82, 2.24) is 5.01 Å². The van der Waals surface area contributed by atoms with Gasteiger partial charge in [-0.3, -0.25) is 9.80 Å². The van der Waals surface area contributed by atoms with Gasteiger partial charge in [-0.25, -0.2) is 8.42 Å². The Hall–Kier alpha value is -1.18. The first-order valence-corrected chi connectivity index (χ1v) is 5.81. The highest BCUT2D eigenvalue weighted by atomic mass is 32.2. The standard InChI is InChI=1S/C7H12N2O5S/c1-7(2)4-9(8-12)3-5(6(10)11)15(7,13)14/h5H,3-4H2,1-2H3,(H,10,11). The van der Waals surface area contributed by atoms with Crippen molar-refractivity contribution < 1.29 is 18.3 Å². The number of carboxylic acids is 1. The van der Waals surface area contributed by atoms with Gasteiger partial charge in [-0.1, -0.05) is 0 Å².